The number of aryl methyl sites for hydroxylation is 1. The van der Waals surface area contributed by atoms with E-state index in [1.165, 1.54) is 13.1 Å². The molecule has 0 spiro atoms. The normalized spacial score (nSPS) is 11.6. The van der Waals surface area contributed by atoms with Crippen LogP contribution in [0, 0.1) is 6.92 Å². The highest BCUT2D eigenvalue weighted by Crippen LogP contribution is 2.21. The van der Waals surface area contributed by atoms with Crippen LogP contribution in [-0.4, -0.2) is 32.2 Å². The number of likely N-dealkylation sites (N-methyl/N-ethyl adjacent to an activating group) is 1. The molecule has 0 aliphatic heterocycles. The summed E-state index contributed by atoms with van der Waals surface area (Å²) in [7, 11) is -2.26. The summed E-state index contributed by atoms with van der Waals surface area (Å²) in [6.45, 7) is 1.56. The van der Waals surface area contributed by atoms with Crippen molar-refractivity contribution in [1.82, 2.24) is 4.31 Å². The summed E-state index contributed by atoms with van der Waals surface area (Å²) in [6.07, 6.45) is 0. The Morgan fingerprint density at radius 3 is 2.73 bits per heavy atom. The van der Waals surface area contributed by atoms with Crippen LogP contribution in [0.4, 0.5) is 5.69 Å². The molecule has 0 saturated carbocycles. The number of hydrogen-bond acceptors (Lipinski definition) is 4. The minimum atomic E-state index is -3.64. The Bertz CT molecular complexity index is 773. The monoisotopic (exact) mass is 358 g/mol. The lowest BCUT2D eigenvalue weighted by Gasteiger charge is -2.16. The number of hydrogen-bond donors (Lipinski definition) is 1. The molecule has 2 aromatic rings. The largest absolute Gasteiger partial charge is 0.325 e. The first-order valence-corrected chi connectivity index (χ1v) is 9.06. The number of carbonyl (C=O) groups excluding carboxylic acids is 1. The minimum Gasteiger partial charge on any atom is -0.325 e. The second-order valence-corrected chi connectivity index (χ2v) is 8.36. The topological polar surface area (TPSA) is 66.5 Å². The van der Waals surface area contributed by atoms with Crippen LogP contribution < -0.4 is 5.32 Å². The molecule has 5 nitrogen and oxygen atoms in total. The lowest BCUT2D eigenvalue weighted by Crippen LogP contribution is -2.34. The zero-order valence-corrected chi connectivity index (χ0v) is 14.4. The molecule has 0 atom stereocenters. The Balaban J connectivity index is 2.07. The van der Waals surface area contributed by atoms with Gasteiger partial charge >= 0.3 is 0 Å². The molecule has 8 heteroatoms. The number of nitrogens with one attached hydrogen (secondary N) is 1. The Labute approximate surface area is 138 Å². The van der Waals surface area contributed by atoms with E-state index in [1.54, 1.807) is 29.6 Å². The van der Waals surface area contributed by atoms with Gasteiger partial charge in [0.2, 0.25) is 5.91 Å². The maximum absolute atomic E-state index is 12.2. The van der Waals surface area contributed by atoms with E-state index in [0.29, 0.717) is 10.7 Å². The molecule has 0 radical (unpaired) electrons. The van der Waals surface area contributed by atoms with Crippen LogP contribution in [0.2, 0.25) is 5.02 Å². The third-order valence-electron chi connectivity index (χ3n) is 3.00. The summed E-state index contributed by atoms with van der Waals surface area (Å²) in [5.74, 6) is -0.423. The molecule has 118 valence electrons. The highest BCUT2D eigenvalue weighted by molar-refractivity contribution is 7.91. The SMILES string of the molecule is Cc1ccc(Cl)cc1NC(=O)CN(C)S(=O)(=O)c1cccs1. The highest BCUT2D eigenvalue weighted by Gasteiger charge is 2.23. The molecule has 0 bridgehead atoms. The van der Waals surface area contributed by atoms with E-state index in [1.807, 2.05) is 6.92 Å². The first-order valence-electron chi connectivity index (χ1n) is 6.36. The van der Waals surface area contributed by atoms with Crippen molar-refractivity contribution >= 4 is 44.6 Å². The standard InChI is InChI=1S/C14H15ClN2O3S2/c1-10-5-6-11(15)8-12(10)16-13(18)9-17(2)22(19,20)14-4-3-7-21-14/h3-8H,9H2,1-2H3,(H,16,18). The lowest BCUT2D eigenvalue weighted by atomic mass is 10.2. The number of carbonyl (C=O) groups is 1. The van der Waals surface area contributed by atoms with Crippen LogP contribution in [0.15, 0.2) is 39.9 Å². The predicted molar refractivity (Wildman–Crippen MR) is 89.0 cm³/mol. The van der Waals surface area contributed by atoms with Gasteiger partial charge in [-0.2, -0.15) is 4.31 Å². The van der Waals surface area contributed by atoms with Crippen molar-refractivity contribution in [3.63, 3.8) is 0 Å². The number of anilines is 1. The van der Waals surface area contributed by atoms with Crippen LogP contribution in [0.25, 0.3) is 0 Å². The maximum Gasteiger partial charge on any atom is 0.252 e. The van der Waals surface area contributed by atoms with Crippen molar-refractivity contribution in [3.8, 4) is 0 Å². The van der Waals surface area contributed by atoms with Gasteiger partial charge in [0.05, 0.1) is 6.54 Å². The maximum atomic E-state index is 12.2. The number of halogens is 1. The van der Waals surface area contributed by atoms with Crippen molar-refractivity contribution in [3.05, 3.63) is 46.3 Å². The van der Waals surface area contributed by atoms with Crippen molar-refractivity contribution < 1.29 is 13.2 Å². The second kappa shape index (κ2) is 6.78. The fourth-order valence-corrected chi connectivity index (χ4v) is 4.27. The first kappa shape index (κ1) is 17.0. The Kier molecular flexibility index (Phi) is 5.23. The molecule has 0 fully saturated rings. The van der Waals surface area contributed by atoms with E-state index in [9.17, 15) is 13.2 Å². The van der Waals surface area contributed by atoms with E-state index >= 15 is 0 Å². The summed E-state index contributed by atoms with van der Waals surface area (Å²) in [4.78, 5) is 12.0. The number of thiophene rings is 1. The number of sulfonamides is 1. The first-order chi connectivity index (χ1) is 10.3. The van der Waals surface area contributed by atoms with E-state index < -0.39 is 15.9 Å². The number of benzene rings is 1. The van der Waals surface area contributed by atoms with Gasteiger partial charge in [-0.1, -0.05) is 23.7 Å². The quantitative estimate of drug-likeness (QED) is 0.893. The van der Waals surface area contributed by atoms with E-state index in [2.05, 4.69) is 5.32 Å². The Morgan fingerprint density at radius 2 is 2.09 bits per heavy atom. The summed E-state index contributed by atoms with van der Waals surface area (Å²) < 4.78 is 25.7. The summed E-state index contributed by atoms with van der Waals surface area (Å²) in [6, 6.07) is 8.29. The van der Waals surface area contributed by atoms with Gasteiger partial charge in [0.25, 0.3) is 10.0 Å². The Hall–Kier alpha value is -1.41. The van der Waals surface area contributed by atoms with E-state index in [-0.39, 0.29) is 10.8 Å². The fourth-order valence-electron chi connectivity index (χ4n) is 1.77. The summed E-state index contributed by atoms with van der Waals surface area (Å²) in [5.41, 5.74) is 1.42. The third kappa shape index (κ3) is 3.86. The smallest absolute Gasteiger partial charge is 0.252 e. The third-order valence-corrected chi connectivity index (χ3v) is 6.41. The van der Waals surface area contributed by atoms with Crippen LogP contribution in [0.3, 0.4) is 0 Å². The van der Waals surface area contributed by atoms with Gasteiger partial charge < -0.3 is 5.32 Å². The van der Waals surface area contributed by atoms with Gasteiger partial charge in [-0.3, -0.25) is 4.79 Å². The van der Waals surface area contributed by atoms with Crippen LogP contribution >= 0.6 is 22.9 Å². The molecule has 22 heavy (non-hydrogen) atoms. The van der Waals surface area contributed by atoms with Crippen LogP contribution in [-0.2, 0) is 14.8 Å². The molecule has 1 heterocycles. The summed E-state index contributed by atoms with van der Waals surface area (Å²) in [5, 5.41) is 4.85. The van der Waals surface area contributed by atoms with E-state index in [4.69, 9.17) is 11.6 Å². The molecule has 0 saturated heterocycles. The number of nitrogens with zero attached hydrogens (tertiary/aromatic N) is 1. The lowest BCUT2D eigenvalue weighted by molar-refractivity contribution is -0.116. The predicted octanol–water partition coefficient (Wildman–Crippen LogP) is 2.97. The zero-order chi connectivity index (χ0) is 16.3. The summed E-state index contributed by atoms with van der Waals surface area (Å²) >= 11 is 7.00. The van der Waals surface area contributed by atoms with Crippen molar-refractivity contribution in [1.29, 1.82) is 0 Å². The second-order valence-electron chi connectivity index (χ2n) is 4.70. The van der Waals surface area contributed by atoms with Crippen LogP contribution in [0.5, 0.6) is 0 Å². The Morgan fingerprint density at radius 1 is 1.36 bits per heavy atom. The highest BCUT2D eigenvalue weighted by atomic mass is 35.5. The van der Waals surface area contributed by atoms with Gasteiger partial charge in [-0.15, -0.1) is 11.3 Å². The van der Waals surface area contributed by atoms with E-state index in [0.717, 1.165) is 21.2 Å². The van der Waals surface area contributed by atoms with Crippen molar-refractivity contribution in [2.24, 2.45) is 0 Å². The van der Waals surface area contributed by atoms with Gasteiger partial charge in [0.15, 0.2) is 0 Å². The fraction of sp³-hybridized carbons (Fsp3) is 0.214. The molecular formula is C14H15ClN2O3S2. The zero-order valence-electron chi connectivity index (χ0n) is 12.0. The molecule has 0 aliphatic rings. The molecule has 0 unspecified atom stereocenters. The minimum absolute atomic E-state index is 0.210. The average Bonchev–Trinajstić information content (AvgIpc) is 2.97. The molecule has 0 aliphatic carbocycles. The van der Waals surface area contributed by atoms with Gasteiger partial charge in [0.1, 0.15) is 4.21 Å². The number of rotatable bonds is 5. The average molecular weight is 359 g/mol. The number of amides is 1. The van der Waals surface area contributed by atoms with Gasteiger partial charge in [-0.05, 0) is 36.1 Å². The molecule has 1 N–H and O–H groups in total. The molecule has 1 aromatic heterocycles. The van der Waals surface area contributed by atoms with Gasteiger partial charge in [0, 0.05) is 17.8 Å². The van der Waals surface area contributed by atoms with Crippen molar-refractivity contribution in [2.75, 3.05) is 18.9 Å². The van der Waals surface area contributed by atoms with Crippen LogP contribution in [0.1, 0.15) is 5.56 Å². The molecule has 1 amide bonds. The molecule has 1 aromatic carbocycles. The molecular weight excluding hydrogens is 344 g/mol. The van der Waals surface area contributed by atoms with Crippen molar-refractivity contribution in [2.45, 2.75) is 11.1 Å². The molecule has 2 rings (SSSR count). The van der Waals surface area contributed by atoms with Gasteiger partial charge in [-0.25, -0.2) is 8.42 Å².